The van der Waals surface area contributed by atoms with Crippen LogP contribution in [0, 0.1) is 0 Å². The van der Waals surface area contributed by atoms with Crippen molar-refractivity contribution < 1.29 is 5.11 Å². The minimum Gasteiger partial charge on any atom is -0.378 e. The molecule has 6 aromatic rings. The second-order valence-electron chi connectivity index (χ2n) is 8.33. The fraction of sp³-hybridized carbons (Fsp3) is 0.0714. The predicted molar refractivity (Wildman–Crippen MR) is 135 cm³/mol. The van der Waals surface area contributed by atoms with Crippen LogP contribution < -0.4 is 0 Å². The molecular formula is C28H22N6O. The molecule has 1 unspecified atom stereocenters. The van der Waals surface area contributed by atoms with E-state index in [2.05, 4.69) is 20.6 Å². The largest absolute Gasteiger partial charge is 0.378 e. The highest BCUT2D eigenvalue weighted by atomic mass is 16.3. The Morgan fingerprint density at radius 3 is 1.80 bits per heavy atom. The van der Waals surface area contributed by atoms with E-state index >= 15 is 0 Å². The predicted octanol–water partition coefficient (Wildman–Crippen LogP) is 4.82. The molecule has 0 fully saturated rings. The lowest BCUT2D eigenvalue weighted by atomic mass is 9.80. The number of aromatic nitrogens is 6. The van der Waals surface area contributed by atoms with Crippen molar-refractivity contribution in [2.24, 2.45) is 0 Å². The lowest BCUT2D eigenvalue weighted by Crippen LogP contribution is -2.38. The highest BCUT2D eigenvalue weighted by Gasteiger charge is 2.41. The molecule has 35 heavy (non-hydrogen) atoms. The Labute approximate surface area is 201 Å². The Balaban J connectivity index is 1.59. The van der Waals surface area contributed by atoms with Gasteiger partial charge in [-0.3, -0.25) is 0 Å². The van der Waals surface area contributed by atoms with Crippen LogP contribution in [0.4, 0.5) is 0 Å². The quantitative estimate of drug-likeness (QED) is 0.387. The third-order valence-corrected chi connectivity index (χ3v) is 6.28. The van der Waals surface area contributed by atoms with Gasteiger partial charge in [0.15, 0.2) is 0 Å². The molecule has 170 valence electrons. The number of para-hydroxylation sites is 2. The zero-order valence-electron chi connectivity index (χ0n) is 18.8. The number of rotatable bonds is 6. The summed E-state index contributed by atoms with van der Waals surface area (Å²) in [5.41, 5.74) is 3.26. The van der Waals surface area contributed by atoms with Gasteiger partial charge in [-0.05, 0) is 41.5 Å². The van der Waals surface area contributed by atoms with E-state index < -0.39 is 11.6 Å². The Morgan fingerprint density at radius 1 is 0.629 bits per heavy atom. The topological polar surface area (TPSA) is 81.6 Å². The number of hydrogen-bond acceptors (Lipinski definition) is 5. The maximum absolute atomic E-state index is 12.6. The van der Waals surface area contributed by atoms with Gasteiger partial charge < -0.3 is 5.11 Å². The Kier molecular flexibility index (Phi) is 5.16. The van der Waals surface area contributed by atoms with Gasteiger partial charge >= 0.3 is 0 Å². The van der Waals surface area contributed by atoms with Gasteiger partial charge in [0.05, 0.1) is 11.0 Å². The second kappa shape index (κ2) is 8.62. The molecule has 2 aromatic heterocycles. The third-order valence-electron chi connectivity index (χ3n) is 6.28. The summed E-state index contributed by atoms with van der Waals surface area (Å²) in [6.07, 6.45) is 3.73. The molecule has 0 bridgehead atoms. The molecule has 1 atom stereocenters. The Hall–Kier alpha value is -4.62. The molecule has 0 amide bonds. The molecule has 0 aliphatic carbocycles. The van der Waals surface area contributed by atoms with Crippen LogP contribution >= 0.6 is 0 Å². The van der Waals surface area contributed by atoms with Gasteiger partial charge in [0.25, 0.3) is 0 Å². The molecule has 4 aromatic carbocycles. The van der Waals surface area contributed by atoms with E-state index in [4.69, 9.17) is 0 Å². The van der Waals surface area contributed by atoms with Crippen molar-refractivity contribution in [2.45, 2.75) is 11.6 Å². The van der Waals surface area contributed by atoms with E-state index in [9.17, 15) is 5.11 Å². The summed E-state index contributed by atoms with van der Waals surface area (Å²) >= 11 is 0. The second-order valence-corrected chi connectivity index (χ2v) is 8.33. The van der Waals surface area contributed by atoms with Gasteiger partial charge in [0, 0.05) is 6.20 Å². The zero-order valence-corrected chi connectivity index (χ0v) is 18.8. The van der Waals surface area contributed by atoms with E-state index in [0.29, 0.717) is 0 Å². The van der Waals surface area contributed by atoms with Crippen molar-refractivity contribution >= 4 is 28.3 Å². The summed E-state index contributed by atoms with van der Waals surface area (Å²) in [4.78, 5) is 0. The van der Waals surface area contributed by atoms with E-state index in [-0.39, 0.29) is 0 Å². The van der Waals surface area contributed by atoms with Crippen molar-refractivity contribution in [3.8, 4) is 0 Å². The monoisotopic (exact) mass is 458 g/mol. The minimum atomic E-state index is -1.45. The average Bonchev–Trinajstić information content (AvgIpc) is 3.54. The van der Waals surface area contributed by atoms with E-state index in [1.165, 1.54) is 0 Å². The Morgan fingerprint density at radius 2 is 1.14 bits per heavy atom. The van der Waals surface area contributed by atoms with Gasteiger partial charge in [-0.2, -0.15) is 0 Å². The molecule has 0 aliphatic rings. The van der Waals surface area contributed by atoms with Crippen molar-refractivity contribution in [3.05, 3.63) is 126 Å². The first-order valence-electron chi connectivity index (χ1n) is 11.4. The number of aliphatic hydroxyl groups is 1. The van der Waals surface area contributed by atoms with Crippen LogP contribution in [0.2, 0.25) is 0 Å². The zero-order chi connectivity index (χ0) is 23.7. The smallest absolute Gasteiger partial charge is 0.141 e. The maximum Gasteiger partial charge on any atom is 0.141 e. The van der Waals surface area contributed by atoms with Crippen molar-refractivity contribution in [1.82, 2.24) is 30.0 Å². The standard InChI is InChI=1S/C28H22N6O/c35-28(21-11-3-1-4-12-21,22-13-5-2-6-14-22)27(34-26-18-10-8-16-24(26)30-32-34)19-20-33-25-17-9-7-15-23(25)29-31-33/h1-20,27,35H/b20-19+. The molecule has 0 spiro atoms. The normalized spacial score (nSPS) is 13.1. The van der Waals surface area contributed by atoms with Crippen LogP contribution in [0.15, 0.2) is 115 Å². The summed E-state index contributed by atoms with van der Waals surface area (Å²) in [7, 11) is 0. The van der Waals surface area contributed by atoms with Crippen LogP contribution in [-0.2, 0) is 5.60 Å². The van der Waals surface area contributed by atoms with Gasteiger partial charge in [0.2, 0.25) is 0 Å². The minimum absolute atomic E-state index is 0.650. The summed E-state index contributed by atoms with van der Waals surface area (Å²) < 4.78 is 3.48. The summed E-state index contributed by atoms with van der Waals surface area (Å²) in [5.74, 6) is 0. The van der Waals surface area contributed by atoms with Gasteiger partial charge in [-0.25, -0.2) is 9.36 Å². The van der Waals surface area contributed by atoms with Crippen molar-refractivity contribution in [2.75, 3.05) is 0 Å². The first-order valence-corrected chi connectivity index (χ1v) is 11.4. The lowest BCUT2D eigenvalue weighted by Gasteiger charge is -2.36. The third kappa shape index (κ3) is 3.59. The molecule has 7 heteroatoms. The fourth-order valence-corrected chi connectivity index (χ4v) is 4.54. The molecule has 0 saturated heterocycles. The SMILES string of the molecule is OC(c1ccccc1)(c1ccccc1)C(/C=C/n1nnc2ccccc21)n1nnc2ccccc21. The van der Waals surface area contributed by atoms with Crippen LogP contribution in [0.25, 0.3) is 28.3 Å². The average molecular weight is 459 g/mol. The highest BCUT2D eigenvalue weighted by Crippen LogP contribution is 2.41. The fourth-order valence-electron chi connectivity index (χ4n) is 4.54. The summed E-state index contributed by atoms with van der Waals surface area (Å²) in [6.45, 7) is 0. The highest BCUT2D eigenvalue weighted by molar-refractivity contribution is 5.76. The molecule has 1 N–H and O–H groups in total. The van der Waals surface area contributed by atoms with Gasteiger partial charge in [-0.15, -0.1) is 10.2 Å². The number of hydrogen-bond donors (Lipinski definition) is 1. The van der Waals surface area contributed by atoms with Crippen LogP contribution in [0.5, 0.6) is 0 Å². The number of fused-ring (bicyclic) bond motifs is 2. The molecule has 0 radical (unpaired) electrons. The number of nitrogens with zero attached hydrogens (tertiary/aromatic N) is 6. The lowest BCUT2D eigenvalue weighted by molar-refractivity contribution is 0.0378. The summed E-state index contributed by atoms with van der Waals surface area (Å²) in [5, 5.41) is 30.0. The van der Waals surface area contributed by atoms with E-state index in [1.54, 1.807) is 9.36 Å². The molecule has 2 heterocycles. The van der Waals surface area contributed by atoms with Crippen LogP contribution in [0.1, 0.15) is 17.2 Å². The first-order chi connectivity index (χ1) is 17.2. The van der Waals surface area contributed by atoms with Crippen molar-refractivity contribution in [3.63, 3.8) is 0 Å². The molecule has 0 aliphatic heterocycles. The molecule has 0 saturated carbocycles. The first kappa shape index (κ1) is 20.9. The van der Waals surface area contributed by atoms with Crippen molar-refractivity contribution in [1.29, 1.82) is 0 Å². The van der Waals surface area contributed by atoms with Gasteiger partial charge in [0.1, 0.15) is 22.7 Å². The van der Waals surface area contributed by atoms with Crippen LogP contribution in [0.3, 0.4) is 0 Å². The number of benzene rings is 4. The molecule has 6 rings (SSSR count). The van der Waals surface area contributed by atoms with Crippen LogP contribution in [-0.4, -0.2) is 35.1 Å². The molecule has 7 nitrogen and oxygen atoms in total. The summed E-state index contributed by atoms with van der Waals surface area (Å²) in [6, 6.07) is 34.1. The molecular weight excluding hydrogens is 436 g/mol. The Bertz CT molecular complexity index is 1580. The van der Waals surface area contributed by atoms with Gasteiger partial charge in [-0.1, -0.05) is 95.4 Å². The van der Waals surface area contributed by atoms with E-state index in [0.717, 1.165) is 33.2 Å². The van der Waals surface area contributed by atoms with E-state index in [1.807, 2.05) is 121 Å². The maximum atomic E-state index is 12.6.